The molecule has 1 aromatic heterocycles. The van der Waals surface area contributed by atoms with Gasteiger partial charge in [-0.3, -0.25) is 0 Å². The lowest BCUT2D eigenvalue weighted by Gasteiger charge is -2.34. The zero-order valence-electron chi connectivity index (χ0n) is 15.8. The fraction of sp³-hybridized carbons (Fsp3) is 0.556. The van der Waals surface area contributed by atoms with Crippen LogP contribution in [0.5, 0.6) is 0 Å². The summed E-state index contributed by atoms with van der Waals surface area (Å²) in [4.78, 5) is 7.15. The van der Waals surface area contributed by atoms with Gasteiger partial charge in [-0.25, -0.2) is 18.2 Å². The third-order valence-corrected chi connectivity index (χ3v) is 5.86. The molecule has 1 heterocycles. The van der Waals surface area contributed by atoms with Crippen molar-refractivity contribution in [3.8, 4) is 6.07 Å². The summed E-state index contributed by atoms with van der Waals surface area (Å²) in [6.45, 7) is 7.31. The summed E-state index contributed by atoms with van der Waals surface area (Å²) in [5.41, 5.74) is -0.680. The molecule has 2 rings (SSSR count). The molecule has 2 aromatic rings. The lowest BCUT2D eigenvalue weighted by atomic mass is 9.84. The predicted octanol–water partition coefficient (Wildman–Crippen LogP) is 4.16. The van der Waals surface area contributed by atoms with E-state index in [2.05, 4.69) is 14.7 Å². The first kappa shape index (κ1) is 21.5. The minimum absolute atomic E-state index is 0.0546. The summed E-state index contributed by atoms with van der Waals surface area (Å²) >= 11 is -1.71. The number of hydrogen-bond acceptors (Lipinski definition) is 4. The number of fused-ring (bicyclic) bond motifs is 1. The summed E-state index contributed by atoms with van der Waals surface area (Å²) in [6.07, 6.45) is -4.99. The largest absolute Gasteiger partial charge is 0.598 e. The Bertz CT molecular complexity index is 841. The highest BCUT2D eigenvalue weighted by Crippen LogP contribution is 2.39. The van der Waals surface area contributed by atoms with Crippen molar-refractivity contribution < 1.29 is 17.7 Å². The van der Waals surface area contributed by atoms with Crippen molar-refractivity contribution in [3.05, 3.63) is 29.6 Å². The molecule has 0 aliphatic carbocycles. The van der Waals surface area contributed by atoms with Gasteiger partial charge in [0.25, 0.3) is 0 Å². The lowest BCUT2D eigenvalue weighted by molar-refractivity contribution is -0.0452. The molecular formula is C18H23F3N4OS. The smallest absolute Gasteiger partial charge is 0.246 e. The highest BCUT2D eigenvalue weighted by molar-refractivity contribution is 7.90. The molecule has 0 fully saturated rings. The molecule has 1 aromatic carbocycles. The van der Waals surface area contributed by atoms with Gasteiger partial charge in [-0.1, -0.05) is 13.8 Å². The van der Waals surface area contributed by atoms with Gasteiger partial charge < -0.3 is 9.54 Å². The molecule has 148 valence electrons. The second-order valence-electron chi connectivity index (χ2n) is 7.97. The van der Waals surface area contributed by atoms with Crippen LogP contribution in [0.3, 0.4) is 0 Å². The third-order valence-electron chi connectivity index (χ3n) is 4.28. The Balaban J connectivity index is 2.50. The number of nitrogens with one attached hydrogen (secondary N) is 2. The van der Waals surface area contributed by atoms with Gasteiger partial charge >= 0.3 is 0 Å². The summed E-state index contributed by atoms with van der Waals surface area (Å²) in [5.74, 6) is 0.0546. The molecule has 9 heteroatoms. The quantitative estimate of drug-likeness (QED) is 0.713. The maximum absolute atomic E-state index is 15.2. The van der Waals surface area contributed by atoms with Crippen LogP contribution in [0.1, 0.15) is 52.0 Å². The molecule has 0 aliphatic heterocycles. The van der Waals surface area contributed by atoms with Crippen molar-refractivity contribution in [2.45, 2.75) is 58.0 Å². The van der Waals surface area contributed by atoms with E-state index in [1.54, 1.807) is 32.9 Å². The van der Waals surface area contributed by atoms with Crippen LogP contribution >= 0.6 is 0 Å². The first-order valence-electron chi connectivity index (χ1n) is 8.38. The molecule has 0 saturated heterocycles. The van der Waals surface area contributed by atoms with E-state index in [1.165, 1.54) is 6.07 Å². The van der Waals surface area contributed by atoms with Crippen LogP contribution in [0.2, 0.25) is 0 Å². The van der Waals surface area contributed by atoms with Crippen LogP contribution in [0, 0.1) is 16.7 Å². The van der Waals surface area contributed by atoms with Gasteiger partial charge in [0.1, 0.15) is 22.8 Å². The number of halogens is 3. The summed E-state index contributed by atoms with van der Waals surface area (Å²) in [7, 11) is 0. The molecule has 0 radical (unpaired) electrons. The van der Waals surface area contributed by atoms with Crippen LogP contribution in [0.25, 0.3) is 11.0 Å². The number of benzene rings is 1. The monoisotopic (exact) mass is 400 g/mol. The summed E-state index contributed by atoms with van der Waals surface area (Å²) < 4.78 is 56.4. The second-order valence-corrected chi connectivity index (χ2v) is 9.96. The summed E-state index contributed by atoms with van der Waals surface area (Å²) in [6, 6.07) is 5.32. The van der Waals surface area contributed by atoms with E-state index in [9.17, 15) is 13.3 Å². The highest BCUT2D eigenvalue weighted by atomic mass is 32.2. The van der Waals surface area contributed by atoms with Crippen molar-refractivity contribution in [1.82, 2.24) is 14.7 Å². The molecule has 0 spiro atoms. The Morgan fingerprint density at radius 2 is 1.85 bits per heavy atom. The Morgan fingerprint density at radius 3 is 2.37 bits per heavy atom. The summed E-state index contributed by atoms with van der Waals surface area (Å²) in [5, 5.41) is 9.00. The number of aromatic nitrogens is 2. The average Bonchev–Trinajstić information content (AvgIpc) is 3.00. The van der Waals surface area contributed by atoms with Gasteiger partial charge in [0, 0.05) is 11.4 Å². The first-order chi connectivity index (χ1) is 12.4. The maximum atomic E-state index is 15.2. The average molecular weight is 400 g/mol. The van der Waals surface area contributed by atoms with Crippen molar-refractivity contribution in [2.24, 2.45) is 5.41 Å². The molecule has 0 saturated carbocycles. The number of alkyl halides is 3. The Labute approximate surface area is 159 Å². The normalized spacial score (nSPS) is 16.3. The van der Waals surface area contributed by atoms with Gasteiger partial charge in [0.15, 0.2) is 0 Å². The molecule has 2 unspecified atom stereocenters. The minimum Gasteiger partial charge on any atom is -0.598 e. The number of nitriles is 1. The Hall–Kier alpha value is -1.76. The van der Waals surface area contributed by atoms with E-state index < -0.39 is 40.2 Å². The van der Waals surface area contributed by atoms with Crippen LogP contribution in [-0.2, 0) is 11.4 Å². The fourth-order valence-corrected chi connectivity index (χ4v) is 3.16. The predicted molar refractivity (Wildman–Crippen MR) is 99.3 cm³/mol. The minimum atomic E-state index is -2.92. The van der Waals surface area contributed by atoms with Crippen molar-refractivity contribution in [1.29, 1.82) is 5.26 Å². The van der Waals surface area contributed by atoms with Gasteiger partial charge in [-0.15, -0.1) is 4.72 Å². The highest BCUT2D eigenvalue weighted by Gasteiger charge is 2.47. The number of rotatable bonds is 6. The van der Waals surface area contributed by atoms with E-state index in [0.29, 0.717) is 16.6 Å². The van der Waals surface area contributed by atoms with E-state index in [0.717, 1.165) is 13.8 Å². The van der Waals surface area contributed by atoms with Crippen LogP contribution in [0.4, 0.5) is 13.2 Å². The van der Waals surface area contributed by atoms with E-state index in [1.807, 2.05) is 6.07 Å². The van der Waals surface area contributed by atoms with Crippen LogP contribution in [-0.4, -0.2) is 31.9 Å². The number of aromatic amines is 1. The number of H-pyrrole nitrogens is 1. The topological polar surface area (TPSA) is 87.6 Å². The third kappa shape index (κ3) is 4.57. The van der Waals surface area contributed by atoms with Crippen molar-refractivity contribution >= 4 is 22.4 Å². The SMILES string of the molecule is CC(C)(C(F)F)C(F)[C@@H](N[S+]([O-])C(C)(C)C)c1nc2ccc(C#N)cc2[nH]1. The van der Waals surface area contributed by atoms with Crippen molar-refractivity contribution in [2.75, 3.05) is 0 Å². The number of imidazole rings is 1. The van der Waals surface area contributed by atoms with Crippen LogP contribution in [0.15, 0.2) is 18.2 Å². The number of nitrogens with zero attached hydrogens (tertiary/aromatic N) is 2. The van der Waals surface area contributed by atoms with E-state index in [4.69, 9.17) is 5.26 Å². The Morgan fingerprint density at radius 1 is 1.22 bits per heavy atom. The molecule has 27 heavy (non-hydrogen) atoms. The molecule has 5 nitrogen and oxygen atoms in total. The number of hydrogen-bond donors (Lipinski definition) is 2. The van der Waals surface area contributed by atoms with E-state index in [-0.39, 0.29) is 5.82 Å². The Kier molecular flexibility index (Phi) is 6.14. The van der Waals surface area contributed by atoms with Gasteiger partial charge in [-0.05, 0) is 39.0 Å². The molecule has 0 amide bonds. The van der Waals surface area contributed by atoms with Gasteiger partial charge in [-0.2, -0.15) is 5.26 Å². The zero-order chi connectivity index (χ0) is 20.6. The van der Waals surface area contributed by atoms with Gasteiger partial charge in [0.05, 0.1) is 28.1 Å². The van der Waals surface area contributed by atoms with Gasteiger partial charge in [0.2, 0.25) is 6.43 Å². The molecular weight excluding hydrogens is 377 g/mol. The second kappa shape index (κ2) is 7.70. The molecule has 0 bridgehead atoms. The zero-order valence-corrected chi connectivity index (χ0v) is 16.6. The molecule has 0 aliphatic rings. The van der Waals surface area contributed by atoms with Crippen molar-refractivity contribution in [3.63, 3.8) is 0 Å². The van der Waals surface area contributed by atoms with E-state index >= 15 is 4.39 Å². The maximum Gasteiger partial charge on any atom is 0.246 e. The van der Waals surface area contributed by atoms with Crippen LogP contribution < -0.4 is 4.72 Å². The fourth-order valence-electron chi connectivity index (χ4n) is 2.34. The molecule has 3 atom stereocenters. The standard InChI is InChI=1S/C18H23F3N4OS/c1-17(2,3)27(26)25-13(14(19)18(4,5)16(20)21)15-23-11-7-6-10(9-22)8-12(11)24-15/h6-8,13-14,16,25H,1-5H3,(H,23,24)/t13-,14?,27?/m1/s1. The first-order valence-corrected chi connectivity index (χ1v) is 9.53. The molecule has 2 N–H and O–H groups in total. The lowest BCUT2D eigenvalue weighted by Crippen LogP contribution is -2.48.